The van der Waals surface area contributed by atoms with Gasteiger partial charge in [0.15, 0.2) is 8.32 Å². The molecule has 2 saturated carbocycles. The fourth-order valence-corrected chi connectivity index (χ4v) is 6.74. The molecule has 0 bridgehead atoms. The highest BCUT2D eigenvalue weighted by molar-refractivity contribution is 6.74. The van der Waals surface area contributed by atoms with Crippen molar-refractivity contribution in [1.29, 1.82) is 0 Å². The monoisotopic (exact) mass is 504 g/mol. The standard InChI is InChI=1S/C30H52O4Si/c1-8-20-30(22-14-23-30)21-13-12-15-24-18-19-26(31)25(24)16-10-9-11-17-27(28(32)33-5)34-35(6,7)29(2,3)4/h9-10,12,15,24-25,27H,8,11,13-14,16-23H2,1-7H3/t24-,25+,27?/m0/s1. The molecule has 2 aliphatic rings. The van der Waals surface area contributed by atoms with E-state index in [0.29, 0.717) is 30.0 Å². The molecule has 4 nitrogen and oxygen atoms in total. The number of ketones is 1. The van der Waals surface area contributed by atoms with Crippen molar-refractivity contribution in [2.45, 2.75) is 129 Å². The van der Waals surface area contributed by atoms with Crippen molar-refractivity contribution >= 4 is 20.1 Å². The van der Waals surface area contributed by atoms with Crippen LogP contribution in [0.15, 0.2) is 24.3 Å². The van der Waals surface area contributed by atoms with Crippen molar-refractivity contribution in [1.82, 2.24) is 0 Å². The van der Waals surface area contributed by atoms with Gasteiger partial charge in [-0.05, 0) is 87.3 Å². The molecule has 0 radical (unpaired) electrons. The molecule has 0 heterocycles. The van der Waals surface area contributed by atoms with E-state index >= 15 is 0 Å². The molecule has 1 unspecified atom stereocenters. The van der Waals surface area contributed by atoms with Gasteiger partial charge in [-0.25, -0.2) is 4.79 Å². The van der Waals surface area contributed by atoms with E-state index in [1.54, 1.807) is 0 Å². The molecule has 200 valence electrons. The van der Waals surface area contributed by atoms with Gasteiger partial charge < -0.3 is 9.16 Å². The Morgan fingerprint density at radius 1 is 1.14 bits per heavy atom. The van der Waals surface area contributed by atoms with Crippen LogP contribution in [0.2, 0.25) is 18.1 Å². The van der Waals surface area contributed by atoms with Crippen molar-refractivity contribution in [2.24, 2.45) is 17.3 Å². The topological polar surface area (TPSA) is 52.6 Å². The Kier molecular flexibility index (Phi) is 11.5. The van der Waals surface area contributed by atoms with Crippen LogP contribution in [0.5, 0.6) is 0 Å². The Labute approximate surface area is 216 Å². The number of carbonyl (C=O) groups is 2. The predicted molar refractivity (Wildman–Crippen MR) is 148 cm³/mol. The Balaban J connectivity index is 1.83. The highest BCUT2D eigenvalue weighted by atomic mass is 28.4. The number of carbonyl (C=O) groups excluding carboxylic acids is 2. The first kappa shape index (κ1) is 30.0. The fraction of sp³-hybridized carbons (Fsp3) is 0.800. The van der Waals surface area contributed by atoms with Gasteiger partial charge in [-0.3, -0.25) is 4.79 Å². The third kappa shape index (κ3) is 8.70. The smallest absolute Gasteiger partial charge is 0.333 e. The summed E-state index contributed by atoms with van der Waals surface area (Å²) in [6.45, 7) is 13.1. The number of hydrogen-bond acceptors (Lipinski definition) is 4. The molecule has 2 fully saturated rings. The summed E-state index contributed by atoms with van der Waals surface area (Å²) in [6, 6.07) is 0. The zero-order valence-electron chi connectivity index (χ0n) is 23.7. The van der Waals surface area contributed by atoms with Crippen molar-refractivity contribution in [2.75, 3.05) is 7.11 Å². The van der Waals surface area contributed by atoms with Crippen LogP contribution in [0.25, 0.3) is 0 Å². The lowest BCUT2D eigenvalue weighted by Crippen LogP contribution is -2.46. The van der Waals surface area contributed by atoms with Gasteiger partial charge in [0.05, 0.1) is 7.11 Å². The van der Waals surface area contributed by atoms with Gasteiger partial charge in [0.25, 0.3) is 0 Å². The quantitative estimate of drug-likeness (QED) is 0.136. The fourth-order valence-electron chi connectivity index (χ4n) is 5.46. The Morgan fingerprint density at radius 3 is 2.43 bits per heavy atom. The molecule has 0 aromatic rings. The molecule has 0 spiro atoms. The van der Waals surface area contributed by atoms with E-state index in [1.807, 2.05) is 0 Å². The molecule has 3 atom stereocenters. The first-order chi connectivity index (χ1) is 16.4. The zero-order valence-corrected chi connectivity index (χ0v) is 24.7. The van der Waals surface area contributed by atoms with Crippen LogP contribution in [0.4, 0.5) is 0 Å². The van der Waals surface area contributed by atoms with Crippen molar-refractivity contribution in [3.8, 4) is 0 Å². The van der Waals surface area contributed by atoms with Gasteiger partial charge in [0.1, 0.15) is 11.9 Å². The van der Waals surface area contributed by atoms with Crippen molar-refractivity contribution in [3.05, 3.63) is 24.3 Å². The molecule has 0 amide bonds. The number of ether oxygens (including phenoxy) is 1. The van der Waals surface area contributed by atoms with Crippen LogP contribution >= 0.6 is 0 Å². The van der Waals surface area contributed by atoms with Crippen LogP contribution < -0.4 is 0 Å². The maximum absolute atomic E-state index is 12.5. The van der Waals surface area contributed by atoms with Crippen LogP contribution in [0.3, 0.4) is 0 Å². The molecule has 2 rings (SSSR count). The number of Topliss-reactive ketones (excluding diaryl/α,β-unsaturated/α-hetero) is 1. The molecular weight excluding hydrogens is 452 g/mol. The van der Waals surface area contributed by atoms with Crippen molar-refractivity contribution < 1.29 is 18.8 Å². The Bertz CT molecular complexity index is 742. The van der Waals surface area contributed by atoms with E-state index in [9.17, 15) is 9.59 Å². The van der Waals surface area contributed by atoms with Gasteiger partial charge >= 0.3 is 5.97 Å². The third-order valence-corrected chi connectivity index (χ3v) is 13.4. The minimum absolute atomic E-state index is 0.0366. The van der Waals surface area contributed by atoms with Crippen LogP contribution in [0.1, 0.15) is 105 Å². The number of methoxy groups -OCH3 is 1. The van der Waals surface area contributed by atoms with Crippen LogP contribution in [-0.4, -0.2) is 33.3 Å². The van der Waals surface area contributed by atoms with Gasteiger partial charge in [-0.15, -0.1) is 0 Å². The van der Waals surface area contributed by atoms with E-state index in [0.717, 1.165) is 25.7 Å². The molecule has 5 heteroatoms. The molecule has 35 heavy (non-hydrogen) atoms. The first-order valence-electron chi connectivity index (χ1n) is 14.0. The summed E-state index contributed by atoms with van der Waals surface area (Å²) in [5.74, 6) is 0.595. The van der Waals surface area contributed by atoms with Crippen molar-refractivity contribution in [3.63, 3.8) is 0 Å². The molecule has 0 aromatic carbocycles. The van der Waals surface area contributed by atoms with Gasteiger partial charge in [0.2, 0.25) is 0 Å². The minimum atomic E-state index is -2.06. The van der Waals surface area contributed by atoms with E-state index in [2.05, 4.69) is 65.1 Å². The molecule has 2 aliphatic carbocycles. The molecule has 0 N–H and O–H groups in total. The van der Waals surface area contributed by atoms with E-state index in [1.165, 1.54) is 45.6 Å². The van der Waals surface area contributed by atoms with Gasteiger partial charge in [0, 0.05) is 12.3 Å². The molecular formula is C30H52O4Si. The number of esters is 1. The second kappa shape index (κ2) is 13.4. The summed E-state index contributed by atoms with van der Waals surface area (Å²) in [5.41, 5.74) is 0.614. The lowest BCUT2D eigenvalue weighted by molar-refractivity contribution is -0.149. The average Bonchev–Trinajstić information content (AvgIpc) is 3.11. The summed E-state index contributed by atoms with van der Waals surface area (Å²) in [7, 11) is -0.638. The SMILES string of the molecule is CCCC1(CCC=C[C@H]2CCC(=O)[C@@H]2CC=CCCC(O[Si](C)(C)C(C)(C)C)C(=O)OC)CCC1. The normalized spacial score (nSPS) is 23.7. The lowest BCUT2D eigenvalue weighted by atomic mass is 9.63. The maximum Gasteiger partial charge on any atom is 0.333 e. The summed E-state index contributed by atoms with van der Waals surface area (Å²) < 4.78 is 11.4. The number of hydrogen-bond donors (Lipinski definition) is 0. The predicted octanol–water partition coefficient (Wildman–Crippen LogP) is 8.18. The average molecular weight is 505 g/mol. The summed E-state index contributed by atoms with van der Waals surface area (Å²) in [4.78, 5) is 24.8. The highest BCUT2D eigenvalue weighted by Crippen LogP contribution is 2.48. The zero-order chi connectivity index (χ0) is 26.1. The van der Waals surface area contributed by atoms with Crippen LogP contribution in [0, 0.1) is 17.3 Å². The Hall–Kier alpha value is -1.20. The number of rotatable bonds is 14. The highest BCUT2D eigenvalue weighted by Gasteiger charge is 2.41. The van der Waals surface area contributed by atoms with Crippen LogP contribution in [-0.2, 0) is 18.8 Å². The molecule has 0 aliphatic heterocycles. The van der Waals surface area contributed by atoms with E-state index in [4.69, 9.17) is 9.16 Å². The summed E-state index contributed by atoms with van der Waals surface area (Å²) in [6.07, 6.45) is 21.6. The molecule has 0 saturated heterocycles. The second-order valence-corrected chi connectivity index (χ2v) is 17.3. The Morgan fingerprint density at radius 2 is 1.86 bits per heavy atom. The van der Waals surface area contributed by atoms with Gasteiger partial charge in [-0.2, -0.15) is 0 Å². The lowest BCUT2D eigenvalue weighted by Gasteiger charge is -2.42. The summed E-state index contributed by atoms with van der Waals surface area (Å²) >= 11 is 0. The van der Waals surface area contributed by atoms with Gasteiger partial charge in [-0.1, -0.05) is 64.8 Å². The largest absolute Gasteiger partial charge is 0.467 e. The third-order valence-electron chi connectivity index (χ3n) is 8.93. The minimum Gasteiger partial charge on any atom is -0.467 e. The maximum atomic E-state index is 12.5. The molecule has 0 aromatic heterocycles. The first-order valence-corrected chi connectivity index (χ1v) is 17.0. The van der Waals surface area contributed by atoms with E-state index in [-0.39, 0.29) is 16.9 Å². The van der Waals surface area contributed by atoms with E-state index < -0.39 is 14.4 Å². The second-order valence-electron chi connectivity index (χ2n) is 12.5. The number of allylic oxidation sites excluding steroid dienone is 4. The summed E-state index contributed by atoms with van der Waals surface area (Å²) in [5, 5.41) is 0.0366.